The Balaban J connectivity index is 2.38. The summed E-state index contributed by atoms with van der Waals surface area (Å²) in [5, 5.41) is 0.556. The van der Waals surface area contributed by atoms with Crippen LogP contribution in [0.2, 0.25) is 0 Å². The zero-order valence-corrected chi connectivity index (χ0v) is 10.6. The predicted octanol–water partition coefficient (Wildman–Crippen LogP) is 2.89. The topological polar surface area (TPSA) is 26.3 Å². The van der Waals surface area contributed by atoms with Gasteiger partial charge in [-0.3, -0.25) is 4.79 Å². The lowest BCUT2D eigenvalue weighted by Crippen LogP contribution is -2.18. The predicted molar refractivity (Wildman–Crippen MR) is 62.7 cm³/mol. The minimum atomic E-state index is -0.272. The van der Waals surface area contributed by atoms with Crippen LogP contribution in [0.15, 0.2) is 30.3 Å². The van der Waals surface area contributed by atoms with Crippen LogP contribution in [0, 0.1) is 0 Å². The highest BCUT2D eigenvalue weighted by Gasteiger charge is 2.14. The van der Waals surface area contributed by atoms with E-state index >= 15 is 0 Å². The molecule has 1 aromatic carbocycles. The first-order chi connectivity index (χ1) is 6.74. The van der Waals surface area contributed by atoms with Crippen LogP contribution in [0.3, 0.4) is 0 Å². The van der Waals surface area contributed by atoms with Gasteiger partial charge in [0.15, 0.2) is 0 Å². The number of halogens is 2. The molecule has 0 aliphatic heterocycles. The molecule has 2 nitrogen and oxygen atoms in total. The summed E-state index contributed by atoms with van der Waals surface area (Å²) in [6.45, 7) is 0.328. The Bertz CT molecular complexity index is 287. The Morgan fingerprint density at radius 1 is 1.36 bits per heavy atom. The number of rotatable bonds is 4. The Kier molecular flexibility index (Phi) is 5.19. The smallest absolute Gasteiger partial charge is 0.320 e. The van der Waals surface area contributed by atoms with E-state index in [0.29, 0.717) is 11.9 Å². The van der Waals surface area contributed by atoms with Gasteiger partial charge in [-0.2, -0.15) is 0 Å². The van der Waals surface area contributed by atoms with Gasteiger partial charge in [-0.25, -0.2) is 0 Å². The van der Waals surface area contributed by atoms with Gasteiger partial charge in [0.05, 0.1) is 0 Å². The van der Waals surface area contributed by atoms with Crippen molar-refractivity contribution in [1.29, 1.82) is 0 Å². The summed E-state index contributed by atoms with van der Waals surface area (Å²) >= 11 is 6.39. The third-order valence-corrected chi connectivity index (χ3v) is 3.83. The zero-order chi connectivity index (χ0) is 10.4. The average molecular weight is 322 g/mol. The van der Waals surface area contributed by atoms with Crippen LogP contribution >= 0.6 is 31.9 Å². The maximum atomic E-state index is 11.2. The van der Waals surface area contributed by atoms with Gasteiger partial charge in [-0.15, -0.1) is 0 Å². The van der Waals surface area contributed by atoms with Gasteiger partial charge in [0.1, 0.15) is 11.4 Å². The summed E-state index contributed by atoms with van der Waals surface area (Å²) in [6.07, 6.45) is 0. The van der Waals surface area contributed by atoms with Gasteiger partial charge >= 0.3 is 5.97 Å². The van der Waals surface area contributed by atoms with Crippen molar-refractivity contribution in [2.24, 2.45) is 0 Å². The monoisotopic (exact) mass is 320 g/mol. The Morgan fingerprint density at radius 3 is 2.57 bits per heavy atom. The van der Waals surface area contributed by atoms with Crippen molar-refractivity contribution in [3.63, 3.8) is 0 Å². The maximum Gasteiger partial charge on any atom is 0.320 e. The number of carbonyl (C=O) groups is 1. The number of alkyl halides is 2. The van der Waals surface area contributed by atoms with E-state index in [1.807, 2.05) is 30.3 Å². The van der Waals surface area contributed by atoms with Gasteiger partial charge < -0.3 is 4.74 Å². The molecule has 76 valence electrons. The molecule has 0 aromatic heterocycles. The molecule has 4 heteroatoms. The molecule has 1 atom stereocenters. The number of carbonyl (C=O) groups excluding carboxylic acids is 1. The molecular weight excluding hydrogens is 312 g/mol. The highest BCUT2D eigenvalue weighted by molar-refractivity contribution is 9.12. The molecule has 0 amide bonds. The highest BCUT2D eigenvalue weighted by Crippen LogP contribution is 2.08. The van der Waals surface area contributed by atoms with E-state index in [9.17, 15) is 4.79 Å². The van der Waals surface area contributed by atoms with Crippen LogP contribution in [0.25, 0.3) is 0 Å². The van der Waals surface area contributed by atoms with Crippen LogP contribution in [0.4, 0.5) is 0 Å². The minimum absolute atomic E-state index is 0.245. The standard InChI is InChI=1S/C10H10Br2O2/c11-6-9(12)10(13)14-7-8-4-2-1-3-5-8/h1-5,9H,6-7H2/t9-/m0/s1. The molecular formula is C10H10Br2O2. The first kappa shape index (κ1) is 11.7. The first-order valence-corrected chi connectivity index (χ1v) is 6.18. The lowest BCUT2D eigenvalue weighted by Gasteiger charge is -2.07. The lowest BCUT2D eigenvalue weighted by atomic mass is 10.2. The maximum absolute atomic E-state index is 11.2. The second-order valence-corrected chi connectivity index (χ2v) is 4.47. The lowest BCUT2D eigenvalue weighted by molar-refractivity contribution is -0.143. The van der Waals surface area contributed by atoms with E-state index in [1.165, 1.54) is 0 Å². The van der Waals surface area contributed by atoms with Crippen molar-refractivity contribution < 1.29 is 9.53 Å². The van der Waals surface area contributed by atoms with Crippen molar-refractivity contribution in [3.8, 4) is 0 Å². The van der Waals surface area contributed by atoms with Gasteiger partial charge in [-0.05, 0) is 5.56 Å². The average Bonchev–Trinajstić information content (AvgIpc) is 2.26. The first-order valence-electron chi connectivity index (χ1n) is 4.14. The normalized spacial score (nSPS) is 12.1. The fraction of sp³-hybridized carbons (Fsp3) is 0.300. The third-order valence-electron chi connectivity index (χ3n) is 1.62. The minimum Gasteiger partial charge on any atom is -0.460 e. The van der Waals surface area contributed by atoms with Crippen molar-refractivity contribution in [2.75, 3.05) is 5.33 Å². The third kappa shape index (κ3) is 3.80. The Hall–Kier alpha value is -0.350. The second kappa shape index (κ2) is 6.19. The van der Waals surface area contributed by atoms with Gasteiger partial charge in [-0.1, -0.05) is 62.2 Å². The van der Waals surface area contributed by atoms with Crippen molar-refractivity contribution in [2.45, 2.75) is 11.4 Å². The molecule has 0 radical (unpaired) electrons. The summed E-state index contributed by atoms with van der Waals surface area (Å²) in [6, 6.07) is 9.60. The largest absolute Gasteiger partial charge is 0.460 e. The summed E-state index contributed by atoms with van der Waals surface area (Å²) in [5.41, 5.74) is 0.995. The van der Waals surface area contributed by atoms with Gasteiger partial charge in [0.2, 0.25) is 0 Å². The van der Waals surface area contributed by atoms with E-state index in [4.69, 9.17) is 4.74 Å². The molecule has 0 unspecified atom stereocenters. The molecule has 14 heavy (non-hydrogen) atoms. The van der Waals surface area contributed by atoms with E-state index in [2.05, 4.69) is 31.9 Å². The molecule has 0 spiro atoms. The fourth-order valence-corrected chi connectivity index (χ4v) is 1.28. The van der Waals surface area contributed by atoms with Crippen LogP contribution < -0.4 is 0 Å². The van der Waals surface area contributed by atoms with E-state index in [0.717, 1.165) is 5.56 Å². The SMILES string of the molecule is O=C(OCc1ccccc1)[C@@H](Br)CBr. The van der Waals surface area contributed by atoms with Crippen molar-refractivity contribution in [3.05, 3.63) is 35.9 Å². The summed E-state index contributed by atoms with van der Waals surface area (Å²) in [5.74, 6) is -0.245. The Labute approximate surface area is 99.9 Å². The second-order valence-electron chi connectivity index (χ2n) is 2.72. The molecule has 0 aliphatic carbocycles. The molecule has 0 saturated heterocycles. The summed E-state index contributed by atoms with van der Waals surface area (Å²) < 4.78 is 5.06. The molecule has 0 fully saturated rings. The van der Waals surface area contributed by atoms with Gasteiger partial charge in [0.25, 0.3) is 0 Å². The van der Waals surface area contributed by atoms with E-state index in [1.54, 1.807) is 0 Å². The zero-order valence-electron chi connectivity index (χ0n) is 7.45. The summed E-state index contributed by atoms with van der Waals surface area (Å²) in [4.78, 5) is 11.0. The van der Waals surface area contributed by atoms with Gasteiger partial charge in [0, 0.05) is 5.33 Å². The fourth-order valence-electron chi connectivity index (χ4n) is 0.882. The number of hydrogen-bond donors (Lipinski definition) is 0. The molecule has 0 heterocycles. The van der Waals surface area contributed by atoms with Crippen LogP contribution in [-0.2, 0) is 16.1 Å². The van der Waals surface area contributed by atoms with Crippen molar-refractivity contribution in [1.82, 2.24) is 0 Å². The molecule has 0 aliphatic rings. The molecule has 1 aromatic rings. The highest BCUT2D eigenvalue weighted by atomic mass is 79.9. The number of hydrogen-bond acceptors (Lipinski definition) is 2. The molecule has 1 rings (SSSR count). The Morgan fingerprint density at radius 2 is 2.00 bits per heavy atom. The van der Waals surface area contributed by atoms with Crippen LogP contribution in [-0.4, -0.2) is 16.1 Å². The number of esters is 1. The molecule has 0 bridgehead atoms. The number of ether oxygens (including phenoxy) is 1. The summed E-state index contributed by atoms with van der Waals surface area (Å²) in [7, 11) is 0. The van der Waals surface area contributed by atoms with E-state index < -0.39 is 0 Å². The van der Waals surface area contributed by atoms with Crippen LogP contribution in [0.1, 0.15) is 5.56 Å². The quantitative estimate of drug-likeness (QED) is 0.629. The molecule has 0 N–H and O–H groups in total. The molecule has 0 saturated carbocycles. The van der Waals surface area contributed by atoms with Crippen molar-refractivity contribution >= 4 is 37.8 Å². The van der Waals surface area contributed by atoms with E-state index in [-0.39, 0.29) is 10.8 Å². The van der Waals surface area contributed by atoms with Crippen LogP contribution in [0.5, 0.6) is 0 Å². The number of benzene rings is 1.